The van der Waals surface area contributed by atoms with Gasteiger partial charge in [-0.05, 0) is 31.0 Å². The molecule has 0 aliphatic carbocycles. The fourth-order valence-electron chi connectivity index (χ4n) is 1.63. The highest BCUT2D eigenvalue weighted by molar-refractivity contribution is 5.75. The highest BCUT2D eigenvalue weighted by Crippen LogP contribution is 2.18. The van der Waals surface area contributed by atoms with Crippen molar-refractivity contribution in [1.29, 1.82) is 0 Å². The Morgan fingerprint density at radius 2 is 1.78 bits per heavy atom. The molecule has 0 saturated carbocycles. The van der Waals surface area contributed by atoms with Crippen LogP contribution in [0, 0.1) is 5.92 Å². The summed E-state index contributed by atoms with van der Waals surface area (Å²) < 4.78 is 10.7. The minimum Gasteiger partial charge on any atom is -0.478 e. The summed E-state index contributed by atoms with van der Waals surface area (Å²) in [6, 6.07) is 7.82. The van der Waals surface area contributed by atoms with Gasteiger partial charge in [-0.25, -0.2) is 4.79 Å². The van der Waals surface area contributed by atoms with Gasteiger partial charge in [-0.15, -0.1) is 0 Å². The van der Waals surface area contributed by atoms with E-state index in [-0.39, 0.29) is 11.9 Å². The van der Waals surface area contributed by atoms with Gasteiger partial charge in [0.2, 0.25) is 0 Å². The Morgan fingerprint density at radius 3 is 2.22 bits per heavy atom. The molecule has 0 aromatic heterocycles. The quantitative estimate of drug-likeness (QED) is 0.727. The van der Waals surface area contributed by atoms with E-state index >= 15 is 0 Å². The Hall–Kier alpha value is -1.51. The van der Waals surface area contributed by atoms with Crippen LogP contribution in [0.1, 0.15) is 33.3 Å². The van der Waals surface area contributed by atoms with Gasteiger partial charge in [0.05, 0.1) is 6.61 Å². The van der Waals surface area contributed by atoms with Crippen LogP contribution in [-0.2, 0) is 16.0 Å². The molecule has 1 aromatic rings. The summed E-state index contributed by atoms with van der Waals surface area (Å²) in [5.41, 5.74) is 1.25. The number of carbonyl (C=O) groups excluding carboxylic acids is 1. The van der Waals surface area contributed by atoms with Crippen LogP contribution in [0.25, 0.3) is 0 Å². The summed E-state index contributed by atoms with van der Waals surface area (Å²) >= 11 is 0. The summed E-state index contributed by atoms with van der Waals surface area (Å²) in [5, 5.41) is 0. The molecule has 1 atom stereocenters. The van der Waals surface area contributed by atoms with Crippen molar-refractivity contribution in [3.8, 4) is 5.75 Å². The molecule has 0 saturated heterocycles. The van der Waals surface area contributed by atoms with Gasteiger partial charge in [0, 0.05) is 5.92 Å². The fraction of sp³-hybridized carbons (Fsp3) is 0.533. The van der Waals surface area contributed by atoms with Crippen molar-refractivity contribution >= 4 is 5.97 Å². The van der Waals surface area contributed by atoms with Gasteiger partial charge in [-0.2, -0.15) is 0 Å². The average molecular weight is 250 g/mol. The first-order valence-corrected chi connectivity index (χ1v) is 6.50. The molecule has 3 heteroatoms. The minimum atomic E-state index is -0.544. The molecular weight excluding hydrogens is 228 g/mol. The van der Waals surface area contributed by atoms with Gasteiger partial charge in [0.1, 0.15) is 5.75 Å². The monoisotopic (exact) mass is 250 g/mol. The summed E-state index contributed by atoms with van der Waals surface area (Å²) in [5.74, 6) is 0.487. The lowest BCUT2D eigenvalue weighted by Crippen LogP contribution is -2.34. The number of benzene rings is 1. The van der Waals surface area contributed by atoms with Crippen molar-refractivity contribution in [3.05, 3.63) is 29.8 Å². The highest BCUT2D eigenvalue weighted by Gasteiger charge is 2.25. The number of carbonyl (C=O) groups is 1. The third-order valence-electron chi connectivity index (χ3n) is 2.72. The topological polar surface area (TPSA) is 35.5 Å². The Labute approximate surface area is 109 Å². The van der Waals surface area contributed by atoms with E-state index in [9.17, 15) is 4.79 Å². The smallest absolute Gasteiger partial charge is 0.347 e. The maximum Gasteiger partial charge on any atom is 0.347 e. The number of ether oxygens (including phenoxy) is 2. The number of aryl methyl sites for hydroxylation is 1. The van der Waals surface area contributed by atoms with E-state index in [1.807, 2.05) is 38.1 Å². The highest BCUT2D eigenvalue weighted by atomic mass is 16.6. The van der Waals surface area contributed by atoms with Crippen LogP contribution in [-0.4, -0.2) is 18.7 Å². The third kappa shape index (κ3) is 4.06. The Morgan fingerprint density at radius 1 is 1.17 bits per heavy atom. The molecular formula is C15H22O3. The minimum absolute atomic E-state index is 0.0786. The maximum absolute atomic E-state index is 11.8. The first-order chi connectivity index (χ1) is 8.58. The Balaban J connectivity index is 2.73. The molecule has 0 aliphatic heterocycles. The van der Waals surface area contributed by atoms with Crippen LogP contribution in [0.5, 0.6) is 5.75 Å². The van der Waals surface area contributed by atoms with E-state index in [1.165, 1.54) is 5.56 Å². The zero-order valence-electron chi connectivity index (χ0n) is 11.6. The number of rotatable bonds is 6. The first-order valence-electron chi connectivity index (χ1n) is 6.50. The predicted molar refractivity (Wildman–Crippen MR) is 71.7 cm³/mol. The lowest BCUT2D eigenvalue weighted by Gasteiger charge is -2.20. The number of hydrogen-bond donors (Lipinski definition) is 0. The molecule has 18 heavy (non-hydrogen) atoms. The molecule has 1 aromatic carbocycles. The van der Waals surface area contributed by atoms with Crippen molar-refractivity contribution in [2.45, 2.75) is 40.2 Å². The standard InChI is InChI=1S/C15H22O3/c1-5-12-7-9-13(10-8-12)18-14(11(3)4)15(16)17-6-2/h7-11,14H,5-6H2,1-4H3. The van der Waals surface area contributed by atoms with Gasteiger partial charge in [0.25, 0.3) is 0 Å². The van der Waals surface area contributed by atoms with Crippen LogP contribution in [0.15, 0.2) is 24.3 Å². The summed E-state index contributed by atoms with van der Waals surface area (Å²) in [4.78, 5) is 11.8. The van der Waals surface area contributed by atoms with Crippen LogP contribution < -0.4 is 4.74 Å². The Kier molecular flexibility index (Phi) is 5.69. The SMILES string of the molecule is CCOC(=O)C(Oc1ccc(CC)cc1)C(C)C. The molecule has 0 spiro atoms. The molecule has 0 bridgehead atoms. The second-order valence-electron chi connectivity index (χ2n) is 4.53. The molecule has 0 aliphatic rings. The van der Waals surface area contributed by atoms with E-state index in [2.05, 4.69) is 6.92 Å². The normalized spacial score (nSPS) is 12.3. The largest absolute Gasteiger partial charge is 0.478 e. The van der Waals surface area contributed by atoms with Crippen molar-refractivity contribution in [2.75, 3.05) is 6.61 Å². The zero-order valence-corrected chi connectivity index (χ0v) is 11.6. The van der Waals surface area contributed by atoms with Crippen LogP contribution in [0.4, 0.5) is 0 Å². The van der Waals surface area contributed by atoms with E-state index in [4.69, 9.17) is 9.47 Å². The number of hydrogen-bond acceptors (Lipinski definition) is 3. The molecule has 0 amide bonds. The molecule has 0 radical (unpaired) electrons. The van der Waals surface area contributed by atoms with Crippen LogP contribution >= 0.6 is 0 Å². The molecule has 0 N–H and O–H groups in total. The lowest BCUT2D eigenvalue weighted by molar-refractivity contribution is -0.153. The second kappa shape index (κ2) is 7.04. The van der Waals surface area contributed by atoms with Crippen LogP contribution in [0.2, 0.25) is 0 Å². The summed E-state index contributed by atoms with van der Waals surface area (Å²) in [7, 11) is 0. The molecule has 0 fully saturated rings. The maximum atomic E-state index is 11.8. The van der Waals surface area contributed by atoms with Crippen LogP contribution in [0.3, 0.4) is 0 Å². The average Bonchev–Trinajstić information content (AvgIpc) is 2.36. The van der Waals surface area contributed by atoms with E-state index < -0.39 is 6.10 Å². The Bertz CT molecular complexity index is 368. The van der Waals surface area contributed by atoms with Gasteiger partial charge in [-0.3, -0.25) is 0 Å². The van der Waals surface area contributed by atoms with E-state index in [1.54, 1.807) is 6.92 Å². The number of esters is 1. The first kappa shape index (κ1) is 14.6. The van der Waals surface area contributed by atoms with Gasteiger partial charge >= 0.3 is 5.97 Å². The fourth-order valence-corrected chi connectivity index (χ4v) is 1.63. The molecule has 0 heterocycles. The van der Waals surface area contributed by atoms with E-state index in [0.717, 1.165) is 6.42 Å². The van der Waals surface area contributed by atoms with Gasteiger partial charge < -0.3 is 9.47 Å². The second-order valence-corrected chi connectivity index (χ2v) is 4.53. The van der Waals surface area contributed by atoms with Crippen molar-refractivity contribution < 1.29 is 14.3 Å². The van der Waals surface area contributed by atoms with Gasteiger partial charge in [0.15, 0.2) is 6.10 Å². The lowest BCUT2D eigenvalue weighted by atomic mass is 10.1. The molecule has 3 nitrogen and oxygen atoms in total. The van der Waals surface area contributed by atoms with Crippen molar-refractivity contribution in [1.82, 2.24) is 0 Å². The summed E-state index contributed by atoms with van der Waals surface area (Å²) in [6.07, 6.45) is 0.448. The predicted octanol–water partition coefficient (Wildman–Crippen LogP) is 3.22. The molecule has 100 valence electrons. The van der Waals surface area contributed by atoms with Gasteiger partial charge in [-0.1, -0.05) is 32.9 Å². The van der Waals surface area contributed by atoms with Crippen molar-refractivity contribution in [3.63, 3.8) is 0 Å². The summed E-state index contributed by atoms with van der Waals surface area (Å²) in [6.45, 7) is 8.17. The van der Waals surface area contributed by atoms with E-state index in [0.29, 0.717) is 12.4 Å². The van der Waals surface area contributed by atoms with Crippen molar-refractivity contribution in [2.24, 2.45) is 5.92 Å². The third-order valence-corrected chi connectivity index (χ3v) is 2.72. The molecule has 1 rings (SSSR count). The molecule has 1 unspecified atom stereocenters. The zero-order chi connectivity index (χ0) is 13.5.